The predicted octanol–water partition coefficient (Wildman–Crippen LogP) is 1.68. The average molecular weight is 165 g/mol. The maximum atomic E-state index is 4.97. The van der Waals surface area contributed by atoms with Gasteiger partial charge in [-0.25, -0.2) is 5.90 Å². The molecule has 0 aliphatic rings. The van der Waals surface area contributed by atoms with Crippen LogP contribution >= 0.6 is 0 Å². The van der Waals surface area contributed by atoms with Crippen molar-refractivity contribution in [3.8, 4) is 0 Å². The molecule has 0 heterocycles. The Morgan fingerprint density at radius 2 is 1.92 bits per heavy atom. The minimum atomic E-state index is 0.594. The highest BCUT2D eigenvalue weighted by molar-refractivity contribution is 5.27. The highest BCUT2D eigenvalue weighted by atomic mass is 16.6. The number of hydrogen-bond donors (Lipinski definition) is 1. The first-order chi connectivity index (χ1) is 5.88. The standard InChI is InChI=1S/C10H15NO/c1-2-9-5-3-4-6-10(9)7-8-12-11/h3-6H,2,7-8,11H2,1H3. The minimum absolute atomic E-state index is 0.594. The van der Waals surface area contributed by atoms with Crippen molar-refractivity contribution in [2.75, 3.05) is 6.61 Å². The van der Waals surface area contributed by atoms with Gasteiger partial charge in [0.25, 0.3) is 0 Å². The molecule has 12 heavy (non-hydrogen) atoms. The molecular weight excluding hydrogens is 150 g/mol. The van der Waals surface area contributed by atoms with Gasteiger partial charge in [0.05, 0.1) is 6.61 Å². The van der Waals surface area contributed by atoms with E-state index in [4.69, 9.17) is 5.90 Å². The second kappa shape index (κ2) is 4.91. The van der Waals surface area contributed by atoms with E-state index in [2.05, 4.69) is 30.0 Å². The van der Waals surface area contributed by atoms with Gasteiger partial charge in [-0.2, -0.15) is 0 Å². The zero-order valence-corrected chi connectivity index (χ0v) is 7.42. The van der Waals surface area contributed by atoms with Crippen molar-refractivity contribution in [2.24, 2.45) is 5.90 Å². The molecular formula is C10H15NO. The second-order valence-electron chi connectivity index (χ2n) is 2.74. The fraction of sp³-hybridized carbons (Fsp3) is 0.400. The molecule has 0 aliphatic carbocycles. The average Bonchev–Trinajstić information content (AvgIpc) is 2.15. The number of nitrogens with two attached hydrogens (primary N) is 1. The molecule has 66 valence electrons. The first-order valence-electron chi connectivity index (χ1n) is 4.27. The van der Waals surface area contributed by atoms with E-state index in [0.717, 1.165) is 12.8 Å². The number of aryl methyl sites for hydroxylation is 1. The highest BCUT2D eigenvalue weighted by Crippen LogP contribution is 2.09. The summed E-state index contributed by atoms with van der Waals surface area (Å²) in [6.07, 6.45) is 1.97. The van der Waals surface area contributed by atoms with Crippen molar-refractivity contribution in [2.45, 2.75) is 19.8 Å². The molecule has 2 heteroatoms. The molecule has 0 radical (unpaired) electrons. The SMILES string of the molecule is CCc1ccccc1CCON. The summed E-state index contributed by atoms with van der Waals surface area (Å²) in [6, 6.07) is 8.38. The Morgan fingerprint density at radius 3 is 2.50 bits per heavy atom. The molecule has 0 fully saturated rings. The van der Waals surface area contributed by atoms with Crippen LogP contribution in [-0.2, 0) is 17.7 Å². The zero-order chi connectivity index (χ0) is 8.81. The molecule has 0 aliphatic heterocycles. The van der Waals surface area contributed by atoms with Crippen molar-refractivity contribution in [1.82, 2.24) is 0 Å². The molecule has 0 atom stereocenters. The van der Waals surface area contributed by atoms with Gasteiger partial charge in [-0.3, -0.25) is 0 Å². The van der Waals surface area contributed by atoms with Crippen LogP contribution in [0.15, 0.2) is 24.3 Å². The normalized spacial score (nSPS) is 10.2. The van der Waals surface area contributed by atoms with Crippen molar-refractivity contribution in [3.63, 3.8) is 0 Å². The summed E-state index contributed by atoms with van der Waals surface area (Å²) in [5, 5.41) is 0. The van der Waals surface area contributed by atoms with E-state index in [1.54, 1.807) is 0 Å². The lowest BCUT2D eigenvalue weighted by Crippen LogP contribution is -2.05. The number of hydrogen-bond acceptors (Lipinski definition) is 2. The summed E-state index contributed by atoms with van der Waals surface area (Å²) < 4.78 is 0. The van der Waals surface area contributed by atoms with E-state index in [0.29, 0.717) is 6.61 Å². The van der Waals surface area contributed by atoms with Crippen LogP contribution in [0.25, 0.3) is 0 Å². The van der Waals surface area contributed by atoms with Crippen LogP contribution in [0.2, 0.25) is 0 Å². The van der Waals surface area contributed by atoms with Crippen LogP contribution in [-0.4, -0.2) is 6.61 Å². The van der Waals surface area contributed by atoms with Crippen LogP contribution < -0.4 is 5.90 Å². The Balaban J connectivity index is 2.68. The van der Waals surface area contributed by atoms with Gasteiger partial charge < -0.3 is 4.84 Å². The molecule has 0 bridgehead atoms. The molecule has 1 rings (SSSR count). The summed E-state index contributed by atoms with van der Waals surface area (Å²) in [6.45, 7) is 2.75. The second-order valence-corrected chi connectivity index (χ2v) is 2.74. The van der Waals surface area contributed by atoms with E-state index < -0.39 is 0 Å². The van der Waals surface area contributed by atoms with Gasteiger partial charge in [-0.15, -0.1) is 0 Å². The Morgan fingerprint density at radius 1 is 1.25 bits per heavy atom. The van der Waals surface area contributed by atoms with Gasteiger partial charge in [-0.1, -0.05) is 31.2 Å². The third kappa shape index (κ3) is 2.32. The zero-order valence-electron chi connectivity index (χ0n) is 7.42. The molecule has 0 unspecified atom stereocenters. The van der Waals surface area contributed by atoms with E-state index in [-0.39, 0.29) is 0 Å². The summed E-state index contributed by atoms with van der Waals surface area (Å²) in [5.41, 5.74) is 2.72. The molecule has 0 spiro atoms. The van der Waals surface area contributed by atoms with E-state index in [1.807, 2.05) is 6.07 Å². The first kappa shape index (κ1) is 9.23. The van der Waals surface area contributed by atoms with Gasteiger partial charge in [0.2, 0.25) is 0 Å². The maximum Gasteiger partial charge on any atom is 0.0719 e. The number of benzene rings is 1. The van der Waals surface area contributed by atoms with Gasteiger partial charge in [0.15, 0.2) is 0 Å². The largest absolute Gasteiger partial charge is 0.304 e. The van der Waals surface area contributed by atoms with Crippen molar-refractivity contribution in [3.05, 3.63) is 35.4 Å². The first-order valence-corrected chi connectivity index (χ1v) is 4.27. The van der Waals surface area contributed by atoms with Crippen LogP contribution in [0.5, 0.6) is 0 Å². The molecule has 0 aromatic heterocycles. The summed E-state index contributed by atoms with van der Waals surface area (Å²) >= 11 is 0. The van der Waals surface area contributed by atoms with Crippen LogP contribution in [0, 0.1) is 0 Å². The topological polar surface area (TPSA) is 35.2 Å². The predicted molar refractivity (Wildman–Crippen MR) is 49.7 cm³/mol. The molecule has 0 saturated heterocycles. The fourth-order valence-corrected chi connectivity index (χ4v) is 1.32. The Hall–Kier alpha value is -0.860. The van der Waals surface area contributed by atoms with Crippen LogP contribution in [0.4, 0.5) is 0 Å². The van der Waals surface area contributed by atoms with E-state index in [1.165, 1.54) is 11.1 Å². The lowest BCUT2D eigenvalue weighted by Gasteiger charge is -2.05. The molecule has 1 aromatic rings. The highest BCUT2D eigenvalue weighted by Gasteiger charge is 1.97. The Labute approximate surface area is 73.3 Å². The lowest BCUT2D eigenvalue weighted by molar-refractivity contribution is 0.141. The summed E-state index contributed by atoms with van der Waals surface area (Å²) in [5.74, 6) is 4.97. The van der Waals surface area contributed by atoms with Crippen LogP contribution in [0.3, 0.4) is 0 Å². The smallest absolute Gasteiger partial charge is 0.0719 e. The van der Waals surface area contributed by atoms with Crippen LogP contribution in [0.1, 0.15) is 18.1 Å². The molecule has 2 N–H and O–H groups in total. The van der Waals surface area contributed by atoms with E-state index in [9.17, 15) is 0 Å². The third-order valence-electron chi connectivity index (χ3n) is 1.99. The van der Waals surface area contributed by atoms with Gasteiger partial charge >= 0.3 is 0 Å². The Bertz CT molecular complexity index is 235. The third-order valence-corrected chi connectivity index (χ3v) is 1.99. The van der Waals surface area contributed by atoms with Crippen molar-refractivity contribution in [1.29, 1.82) is 0 Å². The van der Waals surface area contributed by atoms with Gasteiger partial charge in [-0.05, 0) is 24.0 Å². The molecule has 2 nitrogen and oxygen atoms in total. The summed E-state index contributed by atoms with van der Waals surface area (Å²) in [7, 11) is 0. The maximum absolute atomic E-state index is 4.97. The van der Waals surface area contributed by atoms with E-state index >= 15 is 0 Å². The quantitative estimate of drug-likeness (QED) is 0.689. The minimum Gasteiger partial charge on any atom is -0.304 e. The molecule has 1 aromatic carbocycles. The van der Waals surface area contributed by atoms with Gasteiger partial charge in [0.1, 0.15) is 0 Å². The van der Waals surface area contributed by atoms with Crippen molar-refractivity contribution >= 4 is 0 Å². The fourth-order valence-electron chi connectivity index (χ4n) is 1.32. The van der Waals surface area contributed by atoms with Crippen molar-refractivity contribution < 1.29 is 4.84 Å². The molecule has 0 saturated carbocycles. The molecule has 0 amide bonds. The summed E-state index contributed by atoms with van der Waals surface area (Å²) in [4.78, 5) is 4.55. The lowest BCUT2D eigenvalue weighted by atomic mass is 10.0. The number of rotatable bonds is 4. The monoisotopic (exact) mass is 165 g/mol. The van der Waals surface area contributed by atoms with Gasteiger partial charge in [0, 0.05) is 0 Å². The Kier molecular flexibility index (Phi) is 3.77.